The number of hydrogen-bond acceptors (Lipinski definition) is 1. The molecule has 138 valence electrons. The summed E-state index contributed by atoms with van der Waals surface area (Å²) in [6.45, 7) is 4.56. The summed E-state index contributed by atoms with van der Waals surface area (Å²) in [5.41, 5.74) is 4.59. The third-order valence-corrected chi connectivity index (χ3v) is 4.61. The first kappa shape index (κ1) is 18.9. The molecule has 0 aliphatic carbocycles. The van der Waals surface area contributed by atoms with Crippen LogP contribution in [0.1, 0.15) is 42.0 Å². The Morgan fingerprint density at radius 1 is 0.889 bits per heavy atom. The summed E-state index contributed by atoms with van der Waals surface area (Å²) in [5, 5.41) is 0. The molecule has 1 atom stereocenters. The molecule has 0 unspecified atom stereocenters. The fourth-order valence-corrected chi connectivity index (χ4v) is 3.10. The molecular weight excluding hydrogens is 335 g/mol. The molecule has 0 saturated heterocycles. The van der Waals surface area contributed by atoms with Gasteiger partial charge in [0.15, 0.2) is 11.6 Å². The van der Waals surface area contributed by atoms with E-state index in [0.717, 1.165) is 17.5 Å². The van der Waals surface area contributed by atoms with Crippen molar-refractivity contribution in [2.45, 2.75) is 26.2 Å². The van der Waals surface area contributed by atoms with Gasteiger partial charge in [-0.3, -0.25) is 0 Å². The van der Waals surface area contributed by atoms with E-state index < -0.39 is 0 Å². The SMILES string of the molecule is CCOc1ccc(C=Cc2ccc(C[C@@H](C)c3ccccc3)cc2)cc1F. The Morgan fingerprint density at radius 3 is 2.22 bits per heavy atom. The van der Waals surface area contributed by atoms with Crippen molar-refractivity contribution in [3.8, 4) is 5.75 Å². The van der Waals surface area contributed by atoms with Gasteiger partial charge in [-0.25, -0.2) is 4.39 Å². The first-order valence-electron chi connectivity index (χ1n) is 9.40. The zero-order valence-electron chi connectivity index (χ0n) is 15.9. The highest BCUT2D eigenvalue weighted by Crippen LogP contribution is 2.22. The van der Waals surface area contributed by atoms with Crippen molar-refractivity contribution in [1.82, 2.24) is 0 Å². The lowest BCUT2D eigenvalue weighted by Crippen LogP contribution is -1.98. The van der Waals surface area contributed by atoms with Crippen LogP contribution in [0.5, 0.6) is 5.75 Å². The summed E-state index contributed by atoms with van der Waals surface area (Å²) in [7, 11) is 0. The number of rotatable bonds is 7. The van der Waals surface area contributed by atoms with E-state index in [1.807, 2.05) is 31.2 Å². The van der Waals surface area contributed by atoms with Gasteiger partial charge in [0.2, 0.25) is 0 Å². The first-order chi connectivity index (χ1) is 13.2. The van der Waals surface area contributed by atoms with Crippen molar-refractivity contribution in [1.29, 1.82) is 0 Å². The second-order valence-electron chi connectivity index (χ2n) is 6.71. The van der Waals surface area contributed by atoms with Crippen LogP contribution in [-0.2, 0) is 6.42 Å². The van der Waals surface area contributed by atoms with Crippen molar-refractivity contribution in [2.75, 3.05) is 6.61 Å². The molecule has 0 saturated carbocycles. The third-order valence-electron chi connectivity index (χ3n) is 4.61. The van der Waals surface area contributed by atoms with Crippen LogP contribution in [0.3, 0.4) is 0 Å². The lowest BCUT2D eigenvalue weighted by atomic mass is 9.93. The smallest absolute Gasteiger partial charge is 0.165 e. The lowest BCUT2D eigenvalue weighted by Gasteiger charge is -2.12. The Hall–Kier alpha value is -2.87. The Bertz CT molecular complexity index is 882. The molecule has 0 amide bonds. The van der Waals surface area contributed by atoms with Crippen molar-refractivity contribution in [2.24, 2.45) is 0 Å². The zero-order valence-corrected chi connectivity index (χ0v) is 15.9. The van der Waals surface area contributed by atoms with E-state index in [4.69, 9.17) is 4.74 Å². The summed E-state index contributed by atoms with van der Waals surface area (Å²) in [5.74, 6) is 0.454. The van der Waals surface area contributed by atoms with E-state index in [2.05, 4.69) is 55.5 Å². The molecule has 0 spiro atoms. The van der Waals surface area contributed by atoms with Crippen LogP contribution >= 0.6 is 0 Å². The van der Waals surface area contributed by atoms with Crippen LogP contribution in [0.4, 0.5) is 4.39 Å². The molecule has 3 rings (SSSR count). The molecule has 3 aromatic carbocycles. The molecule has 2 heteroatoms. The number of benzene rings is 3. The van der Waals surface area contributed by atoms with E-state index in [1.165, 1.54) is 17.2 Å². The predicted octanol–water partition coefficient (Wildman–Crippen LogP) is 6.74. The average molecular weight is 360 g/mol. The molecule has 0 aliphatic heterocycles. The average Bonchev–Trinajstić information content (AvgIpc) is 2.70. The van der Waals surface area contributed by atoms with Crippen molar-refractivity contribution in [3.63, 3.8) is 0 Å². The van der Waals surface area contributed by atoms with Crippen LogP contribution in [0.15, 0.2) is 72.8 Å². The van der Waals surface area contributed by atoms with Crippen molar-refractivity contribution in [3.05, 3.63) is 101 Å². The normalized spacial score (nSPS) is 12.3. The Labute approximate surface area is 161 Å². The second kappa shape index (κ2) is 9.18. The lowest BCUT2D eigenvalue weighted by molar-refractivity contribution is 0.321. The molecule has 0 radical (unpaired) electrons. The molecular formula is C25H25FO. The van der Waals surface area contributed by atoms with E-state index in [9.17, 15) is 4.39 Å². The van der Waals surface area contributed by atoms with E-state index in [-0.39, 0.29) is 5.82 Å². The van der Waals surface area contributed by atoms with Gasteiger partial charge in [0.1, 0.15) is 0 Å². The summed E-state index contributed by atoms with van der Waals surface area (Å²) in [6.07, 6.45) is 4.93. The quantitative estimate of drug-likeness (QED) is 0.424. The maximum absolute atomic E-state index is 13.9. The van der Waals surface area contributed by atoms with Gasteiger partial charge in [-0.15, -0.1) is 0 Å². The van der Waals surface area contributed by atoms with Crippen LogP contribution in [0.2, 0.25) is 0 Å². The fraction of sp³-hybridized carbons (Fsp3) is 0.200. The first-order valence-corrected chi connectivity index (χ1v) is 9.40. The molecule has 0 bridgehead atoms. The number of ether oxygens (including phenoxy) is 1. The summed E-state index contributed by atoms with van der Waals surface area (Å²) >= 11 is 0. The van der Waals surface area contributed by atoms with Gasteiger partial charge in [-0.05, 0) is 53.6 Å². The molecule has 0 heterocycles. The maximum atomic E-state index is 13.9. The third kappa shape index (κ3) is 5.30. The van der Waals surface area contributed by atoms with E-state index in [1.54, 1.807) is 6.07 Å². The van der Waals surface area contributed by atoms with Gasteiger partial charge in [-0.2, -0.15) is 0 Å². The second-order valence-corrected chi connectivity index (χ2v) is 6.71. The monoisotopic (exact) mass is 360 g/mol. The van der Waals surface area contributed by atoms with Crippen LogP contribution in [-0.4, -0.2) is 6.61 Å². The molecule has 0 aliphatic rings. The molecule has 0 aromatic heterocycles. The summed E-state index contributed by atoms with van der Waals surface area (Å²) in [6, 6.07) is 24.2. The molecule has 0 N–H and O–H groups in total. The topological polar surface area (TPSA) is 9.23 Å². The zero-order chi connectivity index (χ0) is 19.1. The maximum Gasteiger partial charge on any atom is 0.165 e. The molecule has 27 heavy (non-hydrogen) atoms. The highest BCUT2D eigenvalue weighted by atomic mass is 19.1. The number of hydrogen-bond donors (Lipinski definition) is 0. The minimum atomic E-state index is -0.329. The van der Waals surface area contributed by atoms with Gasteiger partial charge >= 0.3 is 0 Å². The predicted molar refractivity (Wildman–Crippen MR) is 112 cm³/mol. The van der Waals surface area contributed by atoms with Gasteiger partial charge in [-0.1, -0.05) is 79.7 Å². The summed E-state index contributed by atoms with van der Waals surface area (Å²) < 4.78 is 19.2. The highest BCUT2D eigenvalue weighted by molar-refractivity contribution is 5.70. The van der Waals surface area contributed by atoms with Crippen molar-refractivity contribution >= 4 is 12.2 Å². The largest absolute Gasteiger partial charge is 0.491 e. The highest BCUT2D eigenvalue weighted by Gasteiger charge is 2.06. The minimum absolute atomic E-state index is 0.298. The van der Waals surface area contributed by atoms with Gasteiger partial charge in [0.05, 0.1) is 6.61 Å². The van der Waals surface area contributed by atoms with Crippen molar-refractivity contribution < 1.29 is 9.13 Å². The van der Waals surface area contributed by atoms with Crippen LogP contribution in [0, 0.1) is 5.82 Å². The molecule has 1 nitrogen and oxygen atoms in total. The van der Waals surface area contributed by atoms with Gasteiger partial charge in [0.25, 0.3) is 0 Å². The molecule has 3 aromatic rings. The fourth-order valence-electron chi connectivity index (χ4n) is 3.10. The number of halogens is 1. The minimum Gasteiger partial charge on any atom is -0.491 e. The van der Waals surface area contributed by atoms with Crippen LogP contribution < -0.4 is 4.74 Å². The Kier molecular flexibility index (Phi) is 6.43. The Balaban J connectivity index is 1.63. The summed E-state index contributed by atoms with van der Waals surface area (Å²) in [4.78, 5) is 0. The van der Waals surface area contributed by atoms with Crippen LogP contribution in [0.25, 0.3) is 12.2 Å². The van der Waals surface area contributed by atoms with Gasteiger partial charge in [0, 0.05) is 0 Å². The molecule has 0 fully saturated rings. The standard InChI is InChI=1S/C25H25FO/c1-3-27-25-16-15-22(18-24(25)26)14-11-20-9-12-21(13-10-20)17-19(2)23-7-5-4-6-8-23/h4-16,18-19H,3,17H2,1-2H3/t19-/m1/s1. The van der Waals surface area contributed by atoms with E-state index in [0.29, 0.717) is 18.3 Å². The van der Waals surface area contributed by atoms with E-state index >= 15 is 0 Å². The Morgan fingerprint density at radius 2 is 1.56 bits per heavy atom. The van der Waals surface area contributed by atoms with Gasteiger partial charge < -0.3 is 4.74 Å².